The molecule has 0 atom stereocenters. The predicted octanol–water partition coefficient (Wildman–Crippen LogP) is 3.23. The zero-order valence-corrected chi connectivity index (χ0v) is 13.9. The molecule has 0 amide bonds. The van der Waals surface area contributed by atoms with Gasteiger partial charge in [-0.25, -0.2) is 4.39 Å². The third kappa shape index (κ3) is 3.25. The summed E-state index contributed by atoms with van der Waals surface area (Å²) in [5.41, 5.74) is 1.01. The SMILES string of the molecule is Cc1nc([N+](=O)[O-])c(N2CCC(Cc3cccc(F)c3)CC2)n1C. The number of benzene rings is 1. The van der Waals surface area contributed by atoms with Crippen LogP contribution in [0, 0.1) is 28.8 Å². The average molecular weight is 332 g/mol. The van der Waals surface area contributed by atoms with Gasteiger partial charge in [0.1, 0.15) is 5.82 Å². The zero-order chi connectivity index (χ0) is 17.3. The third-order valence-corrected chi connectivity index (χ3v) is 4.77. The Morgan fingerprint density at radius 1 is 1.38 bits per heavy atom. The Balaban J connectivity index is 1.68. The monoisotopic (exact) mass is 332 g/mol. The second-order valence-electron chi connectivity index (χ2n) is 6.39. The molecule has 1 aliphatic rings. The lowest BCUT2D eigenvalue weighted by atomic mass is 9.90. The molecule has 3 rings (SSSR count). The topological polar surface area (TPSA) is 64.2 Å². The molecule has 1 aromatic heterocycles. The molecule has 6 nitrogen and oxygen atoms in total. The Morgan fingerprint density at radius 3 is 2.71 bits per heavy atom. The molecule has 1 aliphatic heterocycles. The number of rotatable bonds is 4. The molecule has 1 saturated heterocycles. The second kappa shape index (κ2) is 6.59. The normalized spacial score (nSPS) is 15.7. The van der Waals surface area contributed by atoms with Gasteiger partial charge in [0.15, 0.2) is 0 Å². The van der Waals surface area contributed by atoms with Crippen molar-refractivity contribution in [3.05, 3.63) is 51.6 Å². The van der Waals surface area contributed by atoms with Crippen LogP contribution in [0.5, 0.6) is 0 Å². The van der Waals surface area contributed by atoms with Crippen LogP contribution in [-0.4, -0.2) is 27.6 Å². The van der Waals surface area contributed by atoms with Gasteiger partial charge in [-0.15, -0.1) is 0 Å². The maximum absolute atomic E-state index is 13.3. The molecule has 7 heteroatoms. The number of halogens is 1. The summed E-state index contributed by atoms with van der Waals surface area (Å²) in [6.45, 7) is 3.27. The number of aryl methyl sites for hydroxylation is 1. The molecule has 0 unspecified atom stereocenters. The number of piperidine rings is 1. The lowest BCUT2D eigenvalue weighted by Gasteiger charge is -2.32. The van der Waals surface area contributed by atoms with Gasteiger partial charge < -0.3 is 15.0 Å². The fourth-order valence-electron chi connectivity index (χ4n) is 3.40. The molecule has 0 aliphatic carbocycles. The number of nitrogens with zero attached hydrogens (tertiary/aromatic N) is 4. The van der Waals surface area contributed by atoms with Gasteiger partial charge in [0.05, 0.1) is 0 Å². The highest BCUT2D eigenvalue weighted by Gasteiger charge is 2.30. The summed E-state index contributed by atoms with van der Waals surface area (Å²) in [4.78, 5) is 16.9. The quantitative estimate of drug-likeness (QED) is 0.637. The number of imidazole rings is 1. The van der Waals surface area contributed by atoms with Crippen molar-refractivity contribution in [2.45, 2.75) is 26.2 Å². The van der Waals surface area contributed by atoms with E-state index in [1.54, 1.807) is 23.6 Å². The fraction of sp³-hybridized carbons (Fsp3) is 0.471. The van der Waals surface area contributed by atoms with Crippen LogP contribution in [-0.2, 0) is 13.5 Å². The Morgan fingerprint density at radius 2 is 2.08 bits per heavy atom. The van der Waals surface area contributed by atoms with Crippen molar-refractivity contribution >= 4 is 11.6 Å². The van der Waals surface area contributed by atoms with Gasteiger partial charge in [0.2, 0.25) is 11.6 Å². The number of aromatic nitrogens is 2. The summed E-state index contributed by atoms with van der Waals surface area (Å²) >= 11 is 0. The van der Waals surface area contributed by atoms with Crippen LogP contribution in [0.15, 0.2) is 24.3 Å². The van der Waals surface area contributed by atoms with E-state index in [2.05, 4.69) is 4.98 Å². The molecule has 0 bridgehead atoms. The van der Waals surface area contributed by atoms with Crippen molar-refractivity contribution in [3.63, 3.8) is 0 Å². The Labute approximate surface area is 140 Å². The first-order valence-electron chi connectivity index (χ1n) is 8.13. The zero-order valence-electron chi connectivity index (χ0n) is 13.9. The fourth-order valence-corrected chi connectivity index (χ4v) is 3.40. The lowest BCUT2D eigenvalue weighted by Crippen LogP contribution is -2.35. The van der Waals surface area contributed by atoms with E-state index in [0.717, 1.165) is 37.9 Å². The van der Waals surface area contributed by atoms with Crippen LogP contribution in [0.1, 0.15) is 24.2 Å². The summed E-state index contributed by atoms with van der Waals surface area (Å²) in [6.07, 6.45) is 2.70. The highest BCUT2D eigenvalue weighted by Crippen LogP contribution is 2.32. The minimum Gasteiger partial charge on any atom is -0.358 e. The van der Waals surface area contributed by atoms with Crippen LogP contribution < -0.4 is 4.90 Å². The minimum absolute atomic E-state index is 0.0708. The van der Waals surface area contributed by atoms with E-state index in [9.17, 15) is 14.5 Å². The average Bonchev–Trinajstić information content (AvgIpc) is 2.84. The smallest absolute Gasteiger partial charge is 0.358 e. The molecule has 128 valence electrons. The second-order valence-corrected chi connectivity index (χ2v) is 6.39. The molecule has 0 saturated carbocycles. The van der Waals surface area contributed by atoms with Crippen molar-refractivity contribution in [2.24, 2.45) is 13.0 Å². The van der Waals surface area contributed by atoms with Crippen LogP contribution in [0.4, 0.5) is 16.0 Å². The Kier molecular flexibility index (Phi) is 4.51. The Bertz CT molecular complexity index is 751. The lowest BCUT2D eigenvalue weighted by molar-refractivity contribution is -0.388. The predicted molar refractivity (Wildman–Crippen MR) is 89.6 cm³/mol. The van der Waals surface area contributed by atoms with Crippen molar-refractivity contribution in [1.82, 2.24) is 9.55 Å². The van der Waals surface area contributed by atoms with Crippen LogP contribution >= 0.6 is 0 Å². The van der Waals surface area contributed by atoms with Crippen LogP contribution in [0.3, 0.4) is 0 Å². The molecule has 0 spiro atoms. The van der Waals surface area contributed by atoms with Gasteiger partial charge >= 0.3 is 5.82 Å². The van der Waals surface area contributed by atoms with E-state index in [-0.39, 0.29) is 11.6 Å². The summed E-state index contributed by atoms with van der Waals surface area (Å²) in [5, 5.41) is 11.2. The van der Waals surface area contributed by atoms with Crippen LogP contribution in [0.2, 0.25) is 0 Å². The van der Waals surface area contributed by atoms with Gasteiger partial charge in [0, 0.05) is 27.1 Å². The first-order chi connectivity index (χ1) is 11.5. The molecule has 0 N–H and O–H groups in total. The maximum Gasteiger partial charge on any atom is 0.406 e. The van der Waals surface area contributed by atoms with E-state index < -0.39 is 4.92 Å². The number of anilines is 1. The van der Waals surface area contributed by atoms with Gasteiger partial charge in [-0.1, -0.05) is 12.1 Å². The van der Waals surface area contributed by atoms with Crippen molar-refractivity contribution < 1.29 is 9.31 Å². The highest BCUT2D eigenvalue weighted by molar-refractivity contribution is 5.56. The van der Waals surface area contributed by atoms with Gasteiger partial charge in [-0.2, -0.15) is 0 Å². The van der Waals surface area contributed by atoms with E-state index in [1.165, 1.54) is 6.07 Å². The van der Waals surface area contributed by atoms with E-state index in [4.69, 9.17) is 0 Å². The minimum atomic E-state index is -0.416. The van der Waals surface area contributed by atoms with E-state index >= 15 is 0 Å². The number of hydrogen-bond donors (Lipinski definition) is 0. The molecule has 0 radical (unpaired) electrons. The van der Waals surface area contributed by atoms with Gasteiger partial charge in [-0.3, -0.25) is 4.57 Å². The van der Waals surface area contributed by atoms with Gasteiger partial charge in [0.25, 0.3) is 0 Å². The molecular weight excluding hydrogens is 311 g/mol. The summed E-state index contributed by atoms with van der Waals surface area (Å²) in [5.74, 6) is 1.42. The number of nitro groups is 1. The molecular formula is C17H21FN4O2. The molecule has 2 aromatic rings. The first kappa shape index (κ1) is 16.4. The van der Waals surface area contributed by atoms with Gasteiger partial charge in [-0.05, 0) is 52.8 Å². The third-order valence-electron chi connectivity index (χ3n) is 4.77. The first-order valence-corrected chi connectivity index (χ1v) is 8.13. The maximum atomic E-state index is 13.3. The molecule has 1 fully saturated rings. The number of hydrogen-bond acceptors (Lipinski definition) is 4. The van der Waals surface area contributed by atoms with Crippen molar-refractivity contribution in [1.29, 1.82) is 0 Å². The summed E-state index contributed by atoms with van der Waals surface area (Å²) in [6, 6.07) is 6.73. The largest absolute Gasteiger partial charge is 0.406 e. The molecule has 1 aromatic carbocycles. The van der Waals surface area contributed by atoms with E-state index in [0.29, 0.717) is 17.6 Å². The molecule has 24 heavy (non-hydrogen) atoms. The van der Waals surface area contributed by atoms with Crippen molar-refractivity contribution in [2.75, 3.05) is 18.0 Å². The highest BCUT2D eigenvalue weighted by atomic mass is 19.1. The summed E-state index contributed by atoms with van der Waals surface area (Å²) < 4.78 is 15.1. The Hall–Kier alpha value is -2.44. The standard InChI is InChI=1S/C17H21FN4O2/c1-12-19-16(22(23)24)17(20(12)2)21-8-6-13(7-9-21)10-14-4-3-5-15(18)11-14/h3-5,11,13H,6-10H2,1-2H3. The van der Waals surface area contributed by atoms with Crippen molar-refractivity contribution in [3.8, 4) is 0 Å². The van der Waals surface area contributed by atoms with E-state index in [1.807, 2.05) is 18.0 Å². The molecule has 2 heterocycles. The summed E-state index contributed by atoms with van der Waals surface area (Å²) in [7, 11) is 1.81. The van der Waals surface area contributed by atoms with Crippen LogP contribution in [0.25, 0.3) is 0 Å².